The van der Waals surface area contributed by atoms with Gasteiger partial charge in [-0.1, -0.05) is 12.1 Å². The minimum Gasteiger partial charge on any atom is -0.494 e. The van der Waals surface area contributed by atoms with Crippen LogP contribution in [0, 0.1) is 23.2 Å². The number of benzene rings is 1. The van der Waals surface area contributed by atoms with Crippen molar-refractivity contribution < 1.29 is 14.3 Å². The molecule has 1 aromatic rings. The fourth-order valence-corrected chi connectivity index (χ4v) is 6.66. The standard InChI is InChI=1S/C26H39NO3/c1-18(27-24(28)30-25(2,3)4)10-19-6-5-7-23(14-19)29-9-8-26-15-20-11-21(16-26)13-22(12-20)17-26/h5-7,14,18,20-22H,8-13,15-17H2,1-4H3,(H,27,28)/t18-,20?,21?,22?,26?/m1/s1. The van der Waals surface area contributed by atoms with Crippen LogP contribution in [0.4, 0.5) is 4.79 Å². The summed E-state index contributed by atoms with van der Waals surface area (Å²) in [4.78, 5) is 12.0. The lowest BCUT2D eigenvalue weighted by molar-refractivity contribution is -0.0622. The highest BCUT2D eigenvalue weighted by molar-refractivity contribution is 5.68. The number of ether oxygens (including phenoxy) is 2. The third-order valence-electron chi connectivity index (χ3n) is 7.27. The maximum absolute atomic E-state index is 12.0. The highest BCUT2D eigenvalue weighted by atomic mass is 16.6. The average Bonchev–Trinajstić information content (AvgIpc) is 2.58. The van der Waals surface area contributed by atoms with Crippen molar-refractivity contribution in [3.63, 3.8) is 0 Å². The zero-order valence-corrected chi connectivity index (χ0v) is 19.2. The van der Waals surface area contributed by atoms with E-state index in [1.54, 1.807) is 0 Å². The van der Waals surface area contributed by atoms with E-state index in [0.717, 1.165) is 36.5 Å². The van der Waals surface area contributed by atoms with E-state index in [9.17, 15) is 4.79 Å². The van der Waals surface area contributed by atoms with Crippen molar-refractivity contribution in [3.05, 3.63) is 29.8 Å². The van der Waals surface area contributed by atoms with E-state index in [2.05, 4.69) is 29.6 Å². The van der Waals surface area contributed by atoms with Gasteiger partial charge in [-0.15, -0.1) is 0 Å². The first-order chi connectivity index (χ1) is 14.2. The summed E-state index contributed by atoms with van der Waals surface area (Å²) in [5.41, 5.74) is 1.26. The molecule has 30 heavy (non-hydrogen) atoms. The molecule has 0 aromatic heterocycles. The summed E-state index contributed by atoms with van der Waals surface area (Å²) >= 11 is 0. The Morgan fingerprint density at radius 2 is 1.77 bits per heavy atom. The summed E-state index contributed by atoms with van der Waals surface area (Å²) in [6.07, 6.45) is 10.4. The maximum atomic E-state index is 12.0. The van der Waals surface area contributed by atoms with E-state index in [1.807, 2.05) is 27.7 Å². The lowest BCUT2D eigenvalue weighted by Crippen LogP contribution is -2.46. The molecule has 5 rings (SSSR count). The molecule has 0 unspecified atom stereocenters. The van der Waals surface area contributed by atoms with Crippen LogP contribution in [0.1, 0.15) is 78.2 Å². The van der Waals surface area contributed by atoms with Gasteiger partial charge in [-0.3, -0.25) is 0 Å². The highest BCUT2D eigenvalue weighted by Crippen LogP contribution is 2.61. The normalized spacial score (nSPS) is 30.7. The van der Waals surface area contributed by atoms with Gasteiger partial charge in [-0.2, -0.15) is 0 Å². The number of rotatable bonds is 7. The van der Waals surface area contributed by atoms with E-state index in [0.29, 0.717) is 5.41 Å². The number of nitrogens with one attached hydrogen (secondary N) is 1. The molecule has 4 bridgehead atoms. The lowest BCUT2D eigenvalue weighted by atomic mass is 9.49. The van der Waals surface area contributed by atoms with Crippen molar-refractivity contribution in [3.8, 4) is 5.75 Å². The van der Waals surface area contributed by atoms with Crippen LogP contribution in [0.25, 0.3) is 0 Å². The van der Waals surface area contributed by atoms with Gasteiger partial charge in [0.1, 0.15) is 11.4 Å². The van der Waals surface area contributed by atoms with E-state index < -0.39 is 5.60 Å². The molecule has 0 saturated heterocycles. The second kappa shape index (κ2) is 8.43. The summed E-state index contributed by atoms with van der Waals surface area (Å²) < 4.78 is 11.6. The molecule has 4 fully saturated rings. The van der Waals surface area contributed by atoms with Gasteiger partial charge in [-0.05, 0) is 120 Å². The van der Waals surface area contributed by atoms with Crippen molar-refractivity contribution in [1.29, 1.82) is 0 Å². The van der Waals surface area contributed by atoms with E-state index in [1.165, 1.54) is 50.5 Å². The molecule has 4 aliphatic rings. The van der Waals surface area contributed by atoms with Crippen LogP contribution in [0.3, 0.4) is 0 Å². The number of amides is 1. The topological polar surface area (TPSA) is 47.6 Å². The largest absolute Gasteiger partial charge is 0.494 e. The summed E-state index contributed by atoms with van der Waals surface area (Å²) in [7, 11) is 0. The first-order valence-electron chi connectivity index (χ1n) is 11.9. The van der Waals surface area contributed by atoms with Crippen LogP contribution in [0.15, 0.2) is 24.3 Å². The highest BCUT2D eigenvalue weighted by Gasteiger charge is 2.50. The quantitative estimate of drug-likeness (QED) is 0.585. The molecule has 0 spiro atoms. The molecule has 0 heterocycles. The average molecular weight is 414 g/mol. The Morgan fingerprint density at radius 3 is 2.37 bits per heavy atom. The SMILES string of the molecule is C[C@H](Cc1cccc(OCCC23CC4CC(CC(C4)C2)C3)c1)NC(=O)OC(C)(C)C. The molecule has 4 saturated carbocycles. The molecule has 1 aromatic carbocycles. The Hall–Kier alpha value is -1.71. The third kappa shape index (κ3) is 5.50. The number of hydrogen-bond donors (Lipinski definition) is 1. The van der Waals surface area contributed by atoms with Gasteiger partial charge in [0.05, 0.1) is 6.61 Å². The Balaban J connectivity index is 1.25. The molecule has 0 aliphatic heterocycles. The maximum Gasteiger partial charge on any atom is 0.407 e. The van der Waals surface area contributed by atoms with Gasteiger partial charge < -0.3 is 14.8 Å². The van der Waals surface area contributed by atoms with Gasteiger partial charge in [0.15, 0.2) is 0 Å². The molecule has 4 heteroatoms. The van der Waals surface area contributed by atoms with Crippen molar-refractivity contribution in [2.24, 2.45) is 23.2 Å². The monoisotopic (exact) mass is 413 g/mol. The first kappa shape index (κ1) is 21.5. The van der Waals surface area contributed by atoms with Crippen molar-refractivity contribution >= 4 is 6.09 Å². The second-order valence-electron chi connectivity index (χ2n) is 11.4. The Labute approximate surface area is 182 Å². The zero-order valence-electron chi connectivity index (χ0n) is 19.2. The number of hydrogen-bond acceptors (Lipinski definition) is 3. The molecule has 4 aliphatic carbocycles. The molecule has 0 radical (unpaired) electrons. The molecular weight excluding hydrogens is 374 g/mol. The van der Waals surface area contributed by atoms with Gasteiger partial charge >= 0.3 is 6.09 Å². The zero-order chi connectivity index (χ0) is 21.4. The van der Waals surface area contributed by atoms with Crippen LogP contribution in [-0.4, -0.2) is 24.3 Å². The Kier molecular flexibility index (Phi) is 6.05. The first-order valence-corrected chi connectivity index (χ1v) is 11.9. The Bertz CT molecular complexity index is 716. The van der Waals surface area contributed by atoms with Crippen LogP contribution in [0.5, 0.6) is 5.75 Å². The predicted octanol–water partition coefficient (Wildman–Crippen LogP) is 6.13. The van der Waals surface area contributed by atoms with Gasteiger partial charge in [0.25, 0.3) is 0 Å². The van der Waals surface area contributed by atoms with Crippen molar-refractivity contribution in [1.82, 2.24) is 5.32 Å². The second-order valence-corrected chi connectivity index (χ2v) is 11.4. The molecule has 1 atom stereocenters. The Morgan fingerprint density at radius 1 is 1.13 bits per heavy atom. The fraction of sp³-hybridized carbons (Fsp3) is 0.731. The van der Waals surface area contributed by atoms with Gasteiger partial charge in [0.2, 0.25) is 0 Å². The molecule has 1 N–H and O–H groups in total. The smallest absolute Gasteiger partial charge is 0.407 e. The van der Waals surface area contributed by atoms with Gasteiger partial charge in [-0.25, -0.2) is 4.79 Å². The minimum absolute atomic E-state index is 0.00197. The fourth-order valence-electron chi connectivity index (χ4n) is 6.66. The number of carbonyl (C=O) groups is 1. The van der Waals surface area contributed by atoms with Crippen molar-refractivity contribution in [2.45, 2.75) is 90.7 Å². The van der Waals surface area contributed by atoms with Crippen LogP contribution in [0.2, 0.25) is 0 Å². The summed E-state index contributed by atoms with van der Waals surface area (Å²) in [5, 5.41) is 2.92. The third-order valence-corrected chi connectivity index (χ3v) is 7.27. The van der Waals surface area contributed by atoms with E-state index >= 15 is 0 Å². The predicted molar refractivity (Wildman–Crippen MR) is 120 cm³/mol. The number of alkyl carbamates (subject to hydrolysis) is 1. The van der Waals surface area contributed by atoms with Crippen molar-refractivity contribution in [2.75, 3.05) is 6.61 Å². The summed E-state index contributed by atoms with van der Waals surface area (Å²) in [6.45, 7) is 8.45. The van der Waals surface area contributed by atoms with E-state index in [4.69, 9.17) is 9.47 Å². The molecule has 4 nitrogen and oxygen atoms in total. The van der Waals surface area contributed by atoms with E-state index in [-0.39, 0.29) is 12.1 Å². The van der Waals surface area contributed by atoms with Gasteiger partial charge in [0, 0.05) is 6.04 Å². The lowest BCUT2D eigenvalue weighted by Gasteiger charge is -2.57. The minimum atomic E-state index is -0.478. The number of carbonyl (C=O) groups excluding carboxylic acids is 1. The molecule has 1 amide bonds. The summed E-state index contributed by atoms with van der Waals surface area (Å²) in [6, 6.07) is 8.32. The molecule has 166 valence electrons. The van der Waals surface area contributed by atoms with Crippen LogP contribution in [-0.2, 0) is 11.2 Å². The van der Waals surface area contributed by atoms with Crippen LogP contribution < -0.4 is 10.1 Å². The van der Waals surface area contributed by atoms with Crippen LogP contribution >= 0.6 is 0 Å². The summed E-state index contributed by atoms with van der Waals surface area (Å²) in [5.74, 6) is 3.94. The molecular formula is C26H39NO3.